The molecule has 1 heterocycles. The lowest BCUT2D eigenvalue weighted by Crippen LogP contribution is -2.31. The van der Waals surface area contributed by atoms with Gasteiger partial charge in [0, 0.05) is 0 Å². The van der Waals surface area contributed by atoms with Crippen LogP contribution in [0.1, 0.15) is 27.7 Å². The topological polar surface area (TPSA) is 60.4 Å². The van der Waals surface area contributed by atoms with Crippen molar-refractivity contribution < 1.29 is 19.1 Å². The Bertz CT molecular complexity index is 269. The lowest BCUT2D eigenvalue weighted by molar-refractivity contribution is -0.135. The van der Waals surface area contributed by atoms with Crippen LogP contribution in [-0.4, -0.2) is 36.6 Å². The summed E-state index contributed by atoms with van der Waals surface area (Å²) >= 11 is 0. The Morgan fingerprint density at radius 1 is 1.60 bits per heavy atom. The van der Waals surface area contributed by atoms with Gasteiger partial charge in [0.15, 0.2) is 5.71 Å². The molecule has 15 heavy (non-hydrogen) atoms. The molecule has 0 aromatic rings. The van der Waals surface area contributed by atoms with Gasteiger partial charge in [0.05, 0.1) is 13.2 Å². The largest absolute Gasteiger partial charge is 0.461 e. The highest BCUT2D eigenvalue weighted by Crippen LogP contribution is 2.28. The molecule has 0 aromatic carbocycles. The van der Waals surface area contributed by atoms with Crippen molar-refractivity contribution in [1.29, 1.82) is 0 Å². The first kappa shape index (κ1) is 12.0. The fraction of sp³-hybridized carbons (Fsp3) is 0.800. The fourth-order valence-corrected chi connectivity index (χ4v) is 0.952. The molecule has 1 fully saturated rings. The van der Waals surface area contributed by atoms with Crippen molar-refractivity contribution in [3.05, 3.63) is 0 Å². The highest BCUT2D eigenvalue weighted by atomic mass is 16.6. The Kier molecular flexibility index (Phi) is 3.68. The van der Waals surface area contributed by atoms with E-state index in [9.17, 15) is 4.79 Å². The van der Waals surface area contributed by atoms with Gasteiger partial charge in [-0.3, -0.25) is 0 Å². The summed E-state index contributed by atoms with van der Waals surface area (Å²) in [6.07, 6.45) is -0.0724. The van der Waals surface area contributed by atoms with Crippen LogP contribution in [0.2, 0.25) is 0 Å². The number of esters is 1. The van der Waals surface area contributed by atoms with Gasteiger partial charge in [-0.2, -0.15) is 0 Å². The van der Waals surface area contributed by atoms with Crippen LogP contribution in [0.4, 0.5) is 0 Å². The molecule has 0 radical (unpaired) electrons. The van der Waals surface area contributed by atoms with E-state index in [0.29, 0.717) is 13.2 Å². The predicted molar refractivity (Wildman–Crippen MR) is 54.6 cm³/mol. The minimum Gasteiger partial charge on any atom is -0.461 e. The van der Waals surface area contributed by atoms with Crippen LogP contribution < -0.4 is 0 Å². The molecule has 1 atom stereocenters. The maximum Gasteiger partial charge on any atom is 0.359 e. The molecule has 1 aliphatic rings. The van der Waals surface area contributed by atoms with E-state index in [1.807, 2.05) is 13.8 Å². The molecule has 5 nitrogen and oxygen atoms in total. The molecule has 0 aromatic heterocycles. The minimum atomic E-state index is -0.624. The second-order valence-corrected chi connectivity index (χ2v) is 3.83. The Hall–Kier alpha value is -1.10. The first-order valence-electron chi connectivity index (χ1n) is 5.05. The average molecular weight is 215 g/mol. The second kappa shape index (κ2) is 4.61. The first-order chi connectivity index (χ1) is 6.99. The van der Waals surface area contributed by atoms with Crippen LogP contribution in [0, 0.1) is 0 Å². The van der Waals surface area contributed by atoms with E-state index >= 15 is 0 Å². The normalized spacial score (nSPS) is 25.3. The quantitative estimate of drug-likeness (QED) is 0.298. The van der Waals surface area contributed by atoms with Gasteiger partial charge in [0.1, 0.15) is 11.7 Å². The Balaban J connectivity index is 2.69. The van der Waals surface area contributed by atoms with Crippen molar-refractivity contribution in [2.24, 2.45) is 5.16 Å². The van der Waals surface area contributed by atoms with Crippen LogP contribution in [0.5, 0.6) is 0 Å². The van der Waals surface area contributed by atoms with Gasteiger partial charge < -0.3 is 14.3 Å². The Morgan fingerprint density at radius 2 is 2.20 bits per heavy atom. The zero-order valence-electron chi connectivity index (χ0n) is 9.57. The average Bonchev–Trinajstić information content (AvgIpc) is 2.84. The van der Waals surface area contributed by atoms with Gasteiger partial charge >= 0.3 is 5.97 Å². The maximum absolute atomic E-state index is 11.5. The molecule has 1 unspecified atom stereocenters. The van der Waals surface area contributed by atoms with E-state index in [0.717, 1.165) is 0 Å². The number of hydrogen-bond donors (Lipinski definition) is 0. The monoisotopic (exact) mass is 215 g/mol. The SMILES string of the molecule is CCOC(=O)/C(=N\OC(C)C)C1(C)CO1. The van der Waals surface area contributed by atoms with Gasteiger partial charge in [0.25, 0.3) is 0 Å². The smallest absolute Gasteiger partial charge is 0.359 e. The van der Waals surface area contributed by atoms with E-state index in [4.69, 9.17) is 14.3 Å². The maximum atomic E-state index is 11.5. The number of oxime groups is 1. The van der Waals surface area contributed by atoms with Crippen molar-refractivity contribution in [1.82, 2.24) is 0 Å². The van der Waals surface area contributed by atoms with Crippen LogP contribution in [-0.2, 0) is 19.1 Å². The number of rotatable bonds is 5. The summed E-state index contributed by atoms with van der Waals surface area (Å²) in [5.41, 5.74) is -0.417. The first-order valence-corrected chi connectivity index (χ1v) is 5.05. The zero-order valence-corrected chi connectivity index (χ0v) is 9.57. The number of carbonyl (C=O) groups excluding carboxylic acids is 1. The van der Waals surface area contributed by atoms with E-state index in [1.54, 1.807) is 13.8 Å². The van der Waals surface area contributed by atoms with Crippen molar-refractivity contribution in [2.75, 3.05) is 13.2 Å². The van der Waals surface area contributed by atoms with E-state index < -0.39 is 11.6 Å². The molecule has 1 aliphatic heterocycles. The van der Waals surface area contributed by atoms with Gasteiger partial charge in [-0.05, 0) is 27.7 Å². The number of epoxide rings is 1. The van der Waals surface area contributed by atoms with Crippen LogP contribution in [0.15, 0.2) is 5.16 Å². The summed E-state index contributed by atoms with van der Waals surface area (Å²) in [5, 5.41) is 3.79. The van der Waals surface area contributed by atoms with Gasteiger partial charge in [-0.1, -0.05) is 5.16 Å². The van der Waals surface area contributed by atoms with Crippen molar-refractivity contribution in [3.8, 4) is 0 Å². The van der Waals surface area contributed by atoms with Crippen molar-refractivity contribution in [3.63, 3.8) is 0 Å². The Labute approximate surface area is 89.4 Å². The van der Waals surface area contributed by atoms with E-state index in [-0.39, 0.29) is 11.8 Å². The third-order valence-corrected chi connectivity index (χ3v) is 1.90. The molecular formula is C10H17NO4. The standard InChI is InChI=1S/C10H17NO4/c1-5-13-9(12)8(10(4)6-14-10)11-15-7(2)3/h7H,5-6H2,1-4H3/b11-8+. The molecule has 0 N–H and O–H groups in total. The third-order valence-electron chi connectivity index (χ3n) is 1.90. The highest BCUT2D eigenvalue weighted by molar-refractivity contribution is 6.40. The summed E-state index contributed by atoms with van der Waals surface area (Å²) in [4.78, 5) is 16.6. The minimum absolute atomic E-state index is 0.0724. The van der Waals surface area contributed by atoms with Gasteiger partial charge in [0.2, 0.25) is 0 Å². The van der Waals surface area contributed by atoms with Crippen molar-refractivity contribution >= 4 is 11.7 Å². The summed E-state index contributed by atoms with van der Waals surface area (Å²) < 4.78 is 10.0. The number of hydrogen-bond acceptors (Lipinski definition) is 5. The third kappa shape index (κ3) is 3.20. The number of carbonyl (C=O) groups is 1. The molecule has 0 aliphatic carbocycles. The molecule has 0 amide bonds. The van der Waals surface area contributed by atoms with E-state index in [1.165, 1.54) is 0 Å². The molecule has 0 spiro atoms. The lowest BCUT2D eigenvalue weighted by atomic mass is 10.1. The Morgan fingerprint density at radius 3 is 2.60 bits per heavy atom. The molecule has 1 rings (SSSR count). The molecule has 5 heteroatoms. The van der Waals surface area contributed by atoms with Crippen LogP contribution >= 0.6 is 0 Å². The molecule has 0 bridgehead atoms. The molecular weight excluding hydrogens is 198 g/mol. The van der Waals surface area contributed by atoms with Crippen LogP contribution in [0.3, 0.4) is 0 Å². The predicted octanol–water partition coefficient (Wildman–Crippen LogP) is 1.12. The molecule has 0 saturated carbocycles. The lowest BCUT2D eigenvalue weighted by Gasteiger charge is -2.10. The number of nitrogens with zero attached hydrogens (tertiary/aromatic N) is 1. The summed E-state index contributed by atoms with van der Waals surface area (Å²) in [6.45, 7) is 7.99. The summed E-state index contributed by atoms with van der Waals surface area (Å²) in [7, 11) is 0. The number of ether oxygens (including phenoxy) is 2. The van der Waals surface area contributed by atoms with Gasteiger partial charge in [-0.15, -0.1) is 0 Å². The summed E-state index contributed by atoms with van der Waals surface area (Å²) in [6, 6.07) is 0. The second-order valence-electron chi connectivity index (χ2n) is 3.83. The van der Waals surface area contributed by atoms with Crippen molar-refractivity contribution in [2.45, 2.75) is 39.4 Å². The summed E-state index contributed by atoms with van der Waals surface area (Å²) in [5.74, 6) is -0.474. The fourth-order valence-electron chi connectivity index (χ4n) is 0.952. The highest BCUT2D eigenvalue weighted by Gasteiger charge is 2.49. The zero-order chi connectivity index (χ0) is 11.5. The van der Waals surface area contributed by atoms with Crippen LogP contribution in [0.25, 0.3) is 0 Å². The van der Waals surface area contributed by atoms with E-state index in [2.05, 4.69) is 5.16 Å². The molecule has 86 valence electrons. The van der Waals surface area contributed by atoms with Gasteiger partial charge in [-0.25, -0.2) is 4.79 Å². The molecule has 1 saturated heterocycles.